The molecule has 0 saturated heterocycles. The molecule has 0 N–H and O–H groups in total. The fourth-order valence-corrected chi connectivity index (χ4v) is 34.4. The van der Waals surface area contributed by atoms with Crippen molar-refractivity contribution in [1.29, 1.82) is 0 Å². The quantitative estimate of drug-likeness (QED) is 0.0654. The number of allylic oxidation sites excluding steroid dienone is 10. The minimum Gasteiger partial charge on any atom is -0.0848 e. The van der Waals surface area contributed by atoms with Crippen molar-refractivity contribution in [3.05, 3.63) is 96.7 Å². The Morgan fingerprint density at radius 1 is 0.245 bits per heavy atom. The molecule has 17 fully saturated rings. The molecule has 0 radical (unpaired) electrons. The summed E-state index contributed by atoms with van der Waals surface area (Å²) in [5.41, 5.74) is 1.54. The molecule has 0 nitrogen and oxygen atoms in total. The van der Waals surface area contributed by atoms with E-state index in [9.17, 15) is 0 Å². The lowest BCUT2D eigenvalue weighted by molar-refractivity contribution is 0.0918. The van der Waals surface area contributed by atoms with Crippen LogP contribution in [0.15, 0.2) is 91.1 Å². The number of hydrogen-bond acceptors (Lipinski definition) is 0. The van der Waals surface area contributed by atoms with Crippen LogP contribution in [0.1, 0.15) is 289 Å². The molecule has 22 aliphatic carbocycles. The van der Waals surface area contributed by atoms with Crippen LogP contribution in [0.25, 0.3) is 0 Å². The molecule has 0 spiro atoms. The van der Waals surface area contributed by atoms with Gasteiger partial charge in [0.25, 0.3) is 0 Å². The van der Waals surface area contributed by atoms with Gasteiger partial charge in [-0.3, -0.25) is 0 Å². The Morgan fingerprint density at radius 3 is 0.980 bits per heavy atom. The molecule has 1 aromatic rings. The summed E-state index contributed by atoms with van der Waals surface area (Å²) >= 11 is 0. The average molecular weight is 1320 g/mol. The van der Waals surface area contributed by atoms with Crippen molar-refractivity contribution in [1.82, 2.24) is 0 Å². The number of fused-ring (bicyclic) bond motifs is 45. The fourth-order valence-electron chi connectivity index (χ4n) is 34.4. The van der Waals surface area contributed by atoms with Gasteiger partial charge in [0.1, 0.15) is 0 Å². The van der Waals surface area contributed by atoms with Gasteiger partial charge in [-0.05, 0) is 340 Å². The third kappa shape index (κ3) is 12.3. The van der Waals surface area contributed by atoms with Gasteiger partial charge in [-0.1, -0.05) is 265 Å². The van der Waals surface area contributed by atoms with Crippen molar-refractivity contribution >= 4 is 0 Å². The standard InChI is InChI=1S/C22H36.C20H30.C20H24.C18H26.C18H28/c1-2-3-4-5-6-7-8-9-10-16-13-19-15-20(16)22-18-12-11-17(14-18)21(19)22;2*1-2-4-13(5-3-1)6-7-14-10-17-12-18(14)20-16-9-8-15(11-16)19(17)20;1-2-4-11(5-3-1)15-9-14-10-16(15)18-13-7-6-12(8-13)17(14)18;1-2-3-4-5-6-12-9-15-11-16(12)18-14-8-7-13(10-14)17(15)18/h11-12,16-22H,2-10,13-15H2,1H3;8-9,13-20H,1-7,10-12H2;1-5,8-9,14-20H,6-7,10-12H2;6-7,11-18H,1-5,8-10H2;7-8,12-18H,2-6,9-11H2,1H3. The van der Waals surface area contributed by atoms with E-state index in [1.807, 2.05) is 0 Å². The van der Waals surface area contributed by atoms with Gasteiger partial charge in [0.05, 0.1) is 0 Å². The highest BCUT2D eigenvalue weighted by atomic mass is 14.7. The van der Waals surface area contributed by atoms with Crippen LogP contribution in [0.4, 0.5) is 0 Å². The second-order valence-corrected chi connectivity index (χ2v) is 41.3. The molecule has 0 aliphatic heterocycles. The van der Waals surface area contributed by atoms with Gasteiger partial charge in [-0.15, -0.1) is 0 Å². The van der Waals surface area contributed by atoms with Gasteiger partial charge < -0.3 is 0 Å². The maximum absolute atomic E-state index is 2.60. The first-order valence-corrected chi connectivity index (χ1v) is 45.9. The number of rotatable bonds is 21. The number of hydrogen-bond donors (Lipinski definition) is 0. The molecular weight excluding hydrogens is 1180 g/mol. The van der Waals surface area contributed by atoms with Crippen molar-refractivity contribution in [2.75, 3.05) is 0 Å². The third-order valence-electron chi connectivity index (χ3n) is 37.4. The lowest BCUT2D eigenvalue weighted by Crippen LogP contribution is -2.34. The zero-order valence-electron chi connectivity index (χ0n) is 62.9. The molecule has 536 valence electrons. The summed E-state index contributed by atoms with van der Waals surface area (Å²) < 4.78 is 0. The van der Waals surface area contributed by atoms with Crippen LogP contribution < -0.4 is 0 Å². The van der Waals surface area contributed by atoms with Crippen LogP contribution in [-0.4, -0.2) is 0 Å². The van der Waals surface area contributed by atoms with Crippen molar-refractivity contribution in [3.63, 3.8) is 0 Å². The number of unbranched alkanes of at least 4 members (excludes halogenated alkanes) is 10. The van der Waals surface area contributed by atoms with Crippen LogP contribution in [0.2, 0.25) is 0 Å². The Bertz CT molecular complexity index is 2960. The van der Waals surface area contributed by atoms with Gasteiger partial charge in [0, 0.05) is 0 Å². The van der Waals surface area contributed by atoms with E-state index < -0.39 is 0 Å². The molecule has 98 heavy (non-hydrogen) atoms. The summed E-state index contributed by atoms with van der Waals surface area (Å²) in [6.45, 7) is 4.63. The first kappa shape index (κ1) is 66.6. The maximum atomic E-state index is 2.60. The molecule has 1 aromatic carbocycles. The average Bonchev–Trinajstić information content (AvgIpc) is 1.41. The fraction of sp³-hybridized carbons (Fsp3) is 0.837. The molecule has 0 heterocycles. The first-order valence-electron chi connectivity index (χ1n) is 45.9. The molecule has 20 bridgehead atoms. The largest absolute Gasteiger partial charge is 0.0848 e. The molecule has 35 unspecified atom stereocenters. The third-order valence-corrected chi connectivity index (χ3v) is 37.4. The van der Waals surface area contributed by atoms with Gasteiger partial charge in [0.15, 0.2) is 0 Å². The minimum atomic E-state index is 0.972. The SMILES string of the molecule is C1=CC2CC1C1C3CC(C4CCCCC4)C(C3)C21.C1=CC2CC1C1C3CC(CCC4CCCCC4)C(C3)C21.C1=CC2CC1C1C3CC(CCc4ccccc4)C(C3)C21.CCCCCCC1CC2CC1C1C3C=CC(C3)C21.CCCCCCCCCCC1CC2CC1C1C3C=CC(C3)C21. The highest BCUT2D eigenvalue weighted by Crippen LogP contribution is 2.73. The Kier molecular flexibility index (Phi) is 19.7. The normalized spacial score (nSPS) is 50.3. The summed E-state index contributed by atoms with van der Waals surface area (Å²) in [6.07, 6.45) is 91.8. The van der Waals surface area contributed by atoms with Crippen LogP contribution >= 0.6 is 0 Å². The number of benzene rings is 1. The molecule has 22 aliphatic rings. The lowest BCUT2D eigenvalue weighted by Gasteiger charge is -2.41. The van der Waals surface area contributed by atoms with E-state index in [1.165, 1.54) is 141 Å². The zero-order valence-corrected chi connectivity index (χ0v) is 62.9. The summed E-state index contributed by atoms with van der Waals surface area (Å²) in [6, 6.07) is 11.1. The van der Waals surface area contributed by atoms with Gasteiger partial charge >= 0.3 is 0 Å². The van der Waals surface area contributed by atoms with E-state index in [4.69, 9.17) is 0 Å². The van der Waals surface area contributed by atoms with Crippen LogP contribution in [0.5, 0.6) is 0 Å². The van der Waals surface area contributed by atoms with Crippen molar-refractivity contribution in [2.45, 2.75) is 290 Å². The van der Waals surface area contributed by atoms with E-state index in [0.717, 1.165) is 219 Å². The van der Waals surface area contributed by atoms with Gasteiger partial charge in [-0.2, -0.15) is 0 Å². The second-order valence-electron chi connectivity index (χ2n) is 41.3. The van der Waals surface area contributed by atoms with Gasteiger partial charge in [-0.25, -0.2) is 0 Å². The van der Waals surface area contributed by atoms with Crippen LogP contribution in [0.3, 0.4) is 0 Å². The Hall–Kier alpha value is -2.08. The van der Waals surface area contributed by atoms with Crippen molar-refractivity contribution in [2.24, 2.45) is 219 Å². The second kappa shape index (κ2) is 29.0. The lowest BCUT2D eigenvalue weighted by atomic mass is 9.64. The predicted octanol–water partition coefficient (Wildman–Crippen LogP) is 26.5. The van der Waals surface area contributed by atoms with E-state index >= 15 is 0 Å². The molecule has 0 amide bonds. The van der Waals surface area contributed by atoms with E-state index in [1.54, 1.807) is 140 Å². The number of aryl methyl sites for hydroxylation is 1. The van der Waals surface area contributed by atoms with E-state index in [2.05, 4.69) is 105 Å². The molecule has 23 rings (SSSR count). The molecule has 35 atom stereocenters. The van der Waals surface area contributed by atoms with E-state index in [0.29, 0.717) is 0 Å². The van der Waals surface area contributed by atoms with Crippen molar-refractivity contribution < 1.29 is 0 Å². The Balaban J connectivity index is 0.0000000859. The van der Waals surface area contributed by atoms with E-state index in [-0.39, 0.29) is 0 Å². The van der Waals surface area contributed by atoms with Crippen molar-refractivity contribution in [3.8, 4) is 0 Å². The Morgan fingerprint density at radius 2 is 0.561 bits per heavy atom. The molecule has 0 aromatic heterocycles. The Labute approximate surface area is 601 Å². The summed E-state index contributed by atoms with van der Waals surface area (Å²) in [5, 5.41) is 0. The van der Waals surface area contributed by atoms with Crippen LogP contribution in [-0.2, 0) is 6.42 Å². The maximum Gasteiger partial charge on any atom is -0.0194 e. The zero-order chi connectivity index (χ0) is 65.0. The minimum absolute atomic E-state index is 0.972. The molecule has 17 saturated carbocycles. The highest BCUT2D eigenvalue weighted by Gasteiger charge is 2.66. The summed E-state index contributed by atoms with van der Waals surface area (Å²) in [7, 11) is 0. The smallest absolute Gasteiger partial charge is 0.0194 e. The molecular formula is C98H144. The summed E-state index contributed by atoms with van der Waals surface area (Å²) in [4.78, 5) is 0. The topological polar surface area (TPSA) is 0 Å². The van der Waals surface area contributed by atoms with Crippen LogP contribution in [0, 0.1) is 219 Å². The predicted molar refractivity (Wildman–Crippen MR) is 410 cm³/mol. The van der Waals surface area contributed by atoms with Gasteiger partial charge in [0.2, 0.25) is 0 Å². The first-order chi connectivity index (χ1) is 48.5. The molecule has 0 heteroatoms. The monoisotopic (exact) mass is 1320 g/mol. The highest BCUT2D eigenvalue weighted by molar-refractivity contribution is 5.26. The summed E-state index contributed by atoms with van der Waals surface area (Å²) in [5.74, 6) is 40.5.